The van der Waals surface area contributed by atoms with E-state index >= 15 is 0 Å². The third-order valence-corrected chi connectivity index (χ3v) is 2.58. The van der Waals surface area contributed by atoms with Crippen molar-refractivity contribution in [1.29, 1.82) is 0 Å². The largest absolute Gasteiger partial charge is 0.497 e. The lowest BCUT2D eigenvalue weighted by Gasteiger charge is -2.06. The third kappa shape index (κ3) is 3.19. The smallest absolute Gasteiger partial charge is 0.163 e. The van der Waals surface area contributed by atoms with E-state index in [0.29, 0.717) is 12.0 Å². The number of carbonyl (C=O) groups excluding carboxylic acids is 2. The van der Waals surface area contributed by atoms with Gasteiger partial charge in [0.05, 0.1) is 7.11 Å². The predicted octanol–water partition coefficient (Wildman–Crippen LogP) is 2.49. The molecule has 0 amide bonds. The highest BCUT2D eigenvalue weighted by Gasteiger charge is 2.12. The minimum atomic E-state index is -0.172. The second-order valence-electron chi connectivity index (χ2n) is 3.66. The molecule has 0 heterocycles. The fourth-order valence-corrected chi connectivity index (χ4v) is 1.42. The fraction of sp³-hybridized carbons (Fsp3) is 0.385. The van der Waals surface area contributed by atoms with Crippen LogP contribution in [0.15, 0.2) is 24.3 Å². The molecule has 1 aromatic carbocycles. The second kappa shape index (κ2) is 6.05. The van der Waals surface area contributed by atoms with Crippen LogP contribution in [-0.2, 0) is 4.79 Å². The normalized spacial score (nSPS) is 11.9. The first-order valence-electron chi connectivity index (χ1n) is 5.33. The number of ether oxygens (including phenoxy) is 1. The lowest BCUT2D eigenvalue weighted by Crippen LogP contribution is -2.09. The highest BCUT2D eigenvalue weighted by atomic mass is 16.5. The van der Waals surface area contributed by atoms with Crippen LogP contribution < -0.4 is 4.74 Å². The lowest BCUT2D eigenvalue weighted by molar-refractivity contribution is -0.111. The Morgan fingerprint density at radius 1 is 1.38 bits per heavy atom. The van der Waals surface area contributed by atoms with Crippen molar-refractivity contribution in [3.63, 3.8) is 0 Å². The van der Waals surface area contributed by atoms with Gasteiger partial charge in [-0.2, -0.15) is 0 Å². The van der Waals surface area contributed by atoms with Gasteiger partial charge in [-0.25, -0.2) is 0 Å². The molecule has 0 saturated carbocycles. The summed E-state index contributed by atoms with van der Waals surface area (Å²) in [6.07, 6.45) is 1.83. The number of hydrogen-bond donors (Lipinski definition) is 0. The Bertz CT molecular complexity index is 354. The monoisotopic (exact) mass is 220 g/mol. The van der Waals surface area contributed by atoms with Crippen molar-refractivity contribution in [2.75, 3.05) is 7.11 Å². The average Bonchev–Trinajstić information content (AvgIpc) is 2.35. The van der Waals surface area contributed by atoms with Gasteiger partial charge in [-0.05, 0) is 30.7 Å². The molecule has 0 N–H and O–H groups in total. The van der Waals surface area contributed by atoms with Crippen molar-refractivity contribution in [2.45, 2.75) is 19.8 Å². The molecule has 3 heteroatoms. The van der Waals surface area contributed by atoms with Crippen LogP contribution >= 0.6 is 0 Å². The van der Waals surface area contributed by atoms with E-state index in [4.69, 9.17) is 4.74 Å². The third-order valence-electron chi connectivity index (χ3n) is 2.58. The Labute approximate surface area is 95.4 Å². The van der Waals surface area contributed by atoms with Crippen LogP contribution in [0.25, 0.3) is 0 Å². The minimum absolute atomic E-state index is 0.00148. The second-order valence-corrected chi connectivity index (χ2v) is 3.66. The number of methoxy groups -OCH3 is 1. The van der Waals surface area contributed by atoms with Gasteiger partial charge in [0.25, 0.3) is 0 Å². The van der Waals surface area contributed by atoms with Crippen LogP contribution in [0.1, 0.15) is 30.1 Å². The summed E-state index contributed by atoms with van der Waals surface area (Å²) in [6.45, 7) is 1.90. The first-order valence-corrected chi connectivity index (χ1v) is 5.33. The van der Waals surface area contributed by atoms with E-state index in [-0.39, 0.29) is 18.1 Å². The molecule has 0 bridgehead atoms. The number of Topliss-reactive ketones (excluding diaryl/α,β-unsaturated/α-hetero) is 1. The number of hydrogen-bond acceptors (Lipinski definition) is 3. The summed E-state index contributed by atoms with van der Waals surface area (Å²) < 4.78 is 5.00. The molecule has 1 atom stereocenters. The van der Waals surface area contributed by atoms with E-state index < -0.39 is 0 Å². The number of rotatable bonds is 6. The molecule has 0 fully saturated rings. The van der Waals surface area contributed by atoms with Gasteiger partial charge < -0.3 is 9.53 Å². The lowest BCUT2D eigenvalue weighted by atomic mass is 9.97. The molecule has 0 radical (unpaired) electrons. The van der Waals surface area contributed by atoms with Gasteiger partial charge in [-0.15, -0.1) is 0 Å². The number of benzene rings is 1. The average molecular weight is 220 g/mol. The topological polar surface area (TPSA) is 43.4 Å². The maximum atomic E-state index is 11.8. The number of aldehydes is 1. The van der Waals surface area contributed by atoms with Gasteiger partial charge in [0.1, 0.15) is 12.0 Å². The van der Waals surface area contributed by atoms with Gasteiger partial charge in [-0.3, -0.25) is 4.79 Å². The standard InChI is InChI=1S/C13H16O3/c1-3-10(9-14)8-13(15)11-4-6-12(16-2)7-5-11/h4-7,9-10H,3,8H2,1-2H3. The highest BCUT2D eigenvalue weighted by Crippen LogP contribution is 2.15. The summed E-state index contributed by atoms with van der Waals surface area (Å²) in [7, 11) is 1.58. The molecule has 0 aliphatic rings. The Morgan fingerprint density at radius 3 is 2.44 bits per heavy atom. The molecular weight excluding hydrogens is 204 g/mol. The SMILES string of the molecule is CCC(C=O)CC(=O)c1ccc(OC)cc1. The molecule has 0 saturated heterocycles. The van der Waals surface area contributed by atoms with Crippen molar-refractivity contribution >= 4 is 12.1 Å². The van der Waals surface area contributed by atoms with Gasteiger partial charge in [0, 0.05) is 17.9 Å². The van der Waals surface area contributed by atoms with Crippen LogP contribution in [-0.4, -0.2) is 19.2 Å². The van der Waals surface area contributed by atoms with Crippen molar-refractivity contribution in [2.24, 2.45) is 5.92 Å². The molecule has 0 spiro atoms. The van der Waals surface area contributed by atoms with E-state index in [0.717, 1.165) is 12.0 Å². The minimum Gasteiger partial charge on any atom is -0.497 e. The molecule has 1 aromatic rings. The Balaban J connectivity index is 2.69. The zero-order valence-corrected chi connectivity index (χ0v) is 9.60. The van der Waals surface area contributed by atoms with Crippen LogP contribution in [0.4, 0.5) is 0 Å². The Kier molecular flexibility index (Phi) is 4.70. The van der Waals surface area contributed by atoms with Crippen LogP contribution in [0.5, 0.6) is 5.75 Å². The van der Waals surface area contributed by atoms with E-state index in [2.05, 4.69) is 0 Å². The fourth-order valence-electron chi connectivity index (χ4n) is 1.42. The Morgan fingerprint density at radius 2 is 2.00 bits per heavy atom. The zero-order valence-electron chi connectivity index (χ0n) is 9.60. The predicted molar refractivity (Wildman–Crippen MR) is 61.8 cm³/mol. The molecule has 1 unspecified atom stereocenters. The molecule has 0 aliphatic heterocycles. The number of ketones is 1. The van der Waals surface area contributed by atoms with Crippen LogP contribution in [0.3, 0.4) is 0 Å². The Hall–Kier alpha value is -1.64. The number of carbonyl (C=O) groups is 2. The van der Waals surface area contributed by atoms with Crippen molar-refractivity contribution in [3.8, 4) is 5.75 Å². The molecule has 86 valence electrons. The summed E-state index contributed by atoms with van der Waals surface area (Å²) >= 11 is 0. The molecular formula is C13H16O3. The summed E-state index contributed by atoms with van der Waals surface area (Å²) in [6, 6.07) is 6.93. The molecule has 0 aliphatic carbocycles. The zero-order chi connectivity index (χ0) is 12.0. The maximum Gasteiger partial charge on any atom is 0.163 e. The van der Waals surface area contributed by atoms with E-state index in [9.17, 15) is 9.59 Å². The quantitative estimate of drug-likeness (QED) is 0.546. The highest BCUT2D eigenvalue weighted by molar-refractivity contribution is 5.97. The summed E-state index contributed by atoms with van der Waals surface area (Å²) in [5.41, 5.74) is 0.626. The molecule has 0 aromatic heterocycles. The summed E-state index contributed by atoms with van der Waals surface area (Å²) in [5.74, 6) is 0.551. The summed E-state index contributed by atoms with van der Waals surface area (Å²) in [5, 5.41) is 0. The first kappa shape index (κ1) is 12.4. The van der Waals surface area contributed by atoms with Gasteiger partial charge >= 0.3 is 0 Å². The molecule has 1 rings (SSSR count). The van der Waals surface area contributed by atoms with Crippen molar-refractivity contribution < 1.29 is 14.3 Å². The van der Waals surface area contributed by atoms with Gasteiger partial charge in [0.15, 0.2) is 5.78 Å². The van der Waals surface area contributed by atoms with E-state index in [1.54, 1.807) is 31.4 Å². The summed E-state index contributed by atoms with van der Waals surface area (Å²) in [4.78, 5) is 22.4. The first-order chi connectivity index (χ1) is 7.71. The molecule has 3 nitrogen and oxygen atoms in total. The van der Waals surface area contributed by atoms with E-state index in [1.807, 2.05) is 6.92 Å². The van der Waals surface area contributed by atoms with Gasteiger partial charge in [-0.1, -0.05) is 6.92 Å². The van der Waals surface area contributed by atoms with E-state index in [1.165, 1.54) is 0 Å². The van der Waals surface area contributed by atoms with Crippen molar-refractivity contribution in [1.82, 2.24) is 0 Å². The van der Waals surface area contributed by atoms with Crippen LogP contribution in [0, 0.1) is 5.92 Å². The van der Waals surface area contributed by atoms with Crippen LogP contribution in [0.2, 0.25) is 0 Å². The van der Waals surface area contributed by atoms with Crippen molar-refractivity contribution in [3.05, 3.63) is 29.8 Å². The molecule has 16 heavy (non-hydrogen) atoms. The maximum absolute atomic E-state index is 11.8. The van der Waals surface area contributed by atoms with Gasteiger partial charge in [0.2, 0.25) is 0 Å².